The normalized spacial score (nSPS) is 13.6. The molecule has 0 spiro atoms. The van der Waals surface area contributed by atoms with Crippen molar-refractivity contribution in [3.63, 3.8) is 0 Å². The van der Waals surface area contributed by atoms with Crippen molar-refractivity contribution in [1.82, 2.24) is 10.2 Å². The van der Waals surface area contributed by atoms with Gasteiger partial charge in [-0.25, -0.2) is 0 Å². The van der Waals surface area contributed by atoms with Gasteiger partial charge in [0, 0.05) is 34.5 Å². The van der Waals surface area contributed by atoms with Gasteiger partial charge in [-0.3, -0.25) is 9.59 Å². The smallest absolute Gasteiger partial charge is 0.230 e. The summed E-state index contributed by atoms with van der Waals surface area (Å²) in [6.45, 7) is 0.749. The average Bonchev–Trinajstić information content (AvgIpc) is 3.37. The largest absolute Gasteiger partial charge is 0.312 e. The summed E-state index contributed by atoms with van der Waals surface area (Å²) in [4.78, 5) is 26.0. The van der Waals surface area contributed by atoms with Crippen LogP contribution in [-0.2, 0) is 21.8 Å². The van der Waals surface area contributed by atoms with Gasteiger partial charge in [0.2, 0.25) is 16.9 Å². The first-order valence-electron chi connectivity index (χ1n) is 9.58. The topological polar surface area (TPSA) is 75.2 Å². The number of carbonyl (C=O) groups excluding carboxylic acids is 2. The van der Waals surface area contributed by atoms with Gasteiger partial charge in [0.25, 0.3) is 0 Å². The van der Waals surface area contributed by atoms with Gasteiger partial charge in [-0.2, -0.15) is 0 Å². The molecule has 4 rings (SSSR count). The van der Waals surface area contributed by atoms with Gasteiger partial charge in [-0.05, 0) is 41.8 Å². The summed E-state index contributed by atoms with van der Waals surface area (Å²) < 4.78 is 0.714. The molecule has 1 aliphatic heterocycles. The standard InChI is InChI=1S/C21H18Cl2N4O2S2/c22-16-3-1-4-17(23)15(16)12-30-21-26-25-20(31-21)24-18(28)11-13-6-8-14(9-7-13)27-10-2-5-19(27)29/h1,3-4,6-9H,2,5,10-12H2,(H,24,25,28). The van der Waals surface area contributed by atoms with E-state index in [-0.39, 0.29) is 18.2 Å². The van der Waals surface area contributed by atoms with Crippen molar-refractivity contribution in [1.29, 1.82) is 0 Å². The third-order valence-electron chi connectivity index (χ3n) is 4.74. The summed E-state index contributed by atoms with van der Waals surface area (Å²) in [5, 5.41) is 12.6. The molecule has 2 amide bonds. The number of anilines is 2. The van der Waals surface area contributed by atoms with Gasteiger partial charge in [-0.1, -0.05) is 64.5 Å². The van der Waals surface area contributed by atoms with Gasteiger partial charge >= 0.3 is 0 Å². The Balaban J connectivity index is 1.30. The molecule has 0 unspecified atom stereocenters. The number of rotatable bonds is 7. The van der Waals surface area contributed by atoms with E-state index in [0.717, 1.165) is 29.8 Å². The number of benzene rings is 2. The fourth-order valence-corrected chi connectivity index (χ4v) is 5.70. The number of amides is 2. The van der Waals surface area contributed by atoms with Crippen molar-refractivity contribution in [2.45, 2.75) is 29.4 Å². The van der Waals surface area contributed by atoms with Crippen LogP contribution in [0.4, 0.5) is 10.8 Å². The summed E-state index contributed by atoms with van der Waals surface area (Å²) in [5.74, 6) is 0.534. The third kappa shape index (κ3) is 5.57. The van der Waals surface area contributed by atoms with Crippen LogP contribution in [0.3, 0.4) is 0 Å². The number of halogens is 2. The van der Waals surface area contributed by atoms with Gasteiger partial charge in [0.05, 0.1) is 6.42 Å². The highest BCUT2D eigenvalue weighted by Gasteiger charge is 2.21. The Bertz CT molecular complexity index is 1080. The molecule has 1 fully saturated rings. The lowest BCUT2D eigenvalue weighted by Gasteiger charge is -2.15. The van der Waals surface area contributed by atoms with Crippen LogP contribution < -0.4 is 10.2 Å². The molecule has 2 aromatic carbocycles. The number of aromatic nitrogens is 2. The predicted molar refractivity (Wildman–Crippen MR) is 126 cm³/mol. The van der Waals surface area contributed by atoms with E-state index in [1.54, 1.807) is 23.1 Å². The molecule has 2 heterocycles. The van der Waals surface area contributed by atoms with Crippen molar-refractivity contribution < 1.29 is 9.59 Å². The number of thioether (sulfide) groups is 1. The maximum absolute atomic E-state index is 12.4. The molecule has 1 aromatic heterocycles. The maximum Gasteiger partial charge on any atom is 0.230 e. The van der Waals surface area contributed by atoms with E-state index in [2.05, 4.69) is 15.5 Å². The summed E-state index contributed by atoms with van der Waals surface area (Å²) >= 11 is 15.1. The van der Waals surface area contributed by atoms with Crippen LogP contribution in [-0.4, -0.2) is 28.6 Å². The Morgan fingerprint density at radius 1 is 1.13 bits per heavy atom. The second kappa shape index (κ2) is 9.99. The molecule has 1 aliphatic rings. The minimum Gasteiger partial charge on any atom is -0.312 e. The van der Waals surface area contributed by atoms with Crippen molar-refractivity contribution in [3.05, 3.63) is 63.6 Å². The fraction of sp³-hybridized carbons (Fsp3) is 0.238. The molecule has 31 heavy (non-hydrogen) atoms. The van der Waals surface area contributed by atoms with E-state index in [1.807, 2.05) is 24.3 Å². The lowest BCUT2D eigenvalue weighted by atomic mass is 10.1. The lowest BCUT2D eigenvalue weighted by Crippen LogP contribution is -2.23. The molecule has 10 heteroatoms. The second-order valence-corrected chi connectivity index (χ2v) is 9.92. The Morgan fingerprint density at radius 2 is 1.87 bits per heavy atom. The summed E-state index contributed by atoms with van der Waals surface area (Å²) in [7, 11) is 0. The van der Waals surface area contributed by atoms with Crippen LogP contribution in [0.5, 0.6) is 0 Å². The zero-order chi connectivity index (χ0) is 21.8. The van der Waals surface area contributed by atoms with Gasteiger partial charge in [-0.15, -0.1) is 10.2 Å². The molecule has 0 radical (unpaired) electrons. The Morgan fingerprint density at radius 3 is 2.55 bits per heavy atom. The monoisotopic (exact) mass is 492 g/mol. The van der Waals surface area contributed by atoms with Gasteiger partial charge < -0.3 is 10.2 Å². The number of carbonyl (C=O) groups is 2. The van der Waals surface area contributed by atoms with Crippen LogP contribution in [0.2, 0.25) is 10.0 Å². The summed E-state index contributed by atoms with van der Waals surface area (Å²) in [6, 6.07) is 12.9. The van der Waals surface area contributed by atoms with Crippen LogP contribution >= 0.6 is 46.3 Å². The maximum atomic E-state index is 12.4. The van der Waals surface area contributed by atoms with E-state index in [1.165, 1.54) is 23.1 Å². The Hall–Kier alpha value is -2.13. The van der Waals surface area contributed by atoms with Gasteiger partial charge in [0.1, 0.15) is 0 Å². The third-order valence-corrected chi connectivity index (χ3v) is 7.45. The Labute approximate surface area is 198 Å². The SMILES string of the molecule is O=C(Cc1ccc(N2CCCC2=O)cc1)Nc1nnc(SCc2c(Cl)cccc2Cl)s1. The number of hydrogen-bond acceptors (Lipinski definition) is 6. The summed E-state index contributed by atoms with van der Waals surface area (Å²) in [6.07, 6.45) is 1.69. The van der Waals surface area contributed by atoms with Crippen molar-refractivity contribution in [2.24, 2.45) is 0 Å². The number of hydrogen-bond donors (Lipinski definition) is 1. The average molecular weight is 493 g/mol. The number of nitrogens with zero attached hydrogens (tertiary/aromatic N) is 3. The summed E-state index contributed by atoms with van der Waals surface area (Å²) in [5.41, 5.74) is 2.58. The van der Waals surface area contributed by atoms with E-state index in [0.29, 0.717) is 31.7 Å². The molecule has 0 bridgehead atoms. The highest BCUT2D eigenvalue weighted by Crippen LogP contribution is 2.33. The van der Waals surface area contributed by atoms with Gasteiger partial charge in [0.15, 0.2) is 4.34 Å². The van der Waals surface area contributed by atoms with Crippen LogP contribution in [0.15, 0.2) is 46.8 Å². The minimum absolute atomic E-state index is 0.146. The zero-order valence-electron chi connectivity index (χ0n) is 16.3. The van der Waals surface area contributed by atoms with Crippen LogP contribution in [0.25, 0.3) is 0 Å². The Kier molecular flexibility index (Phi) is 7.12. The number of nitrogens with one attached hydrogen (secondary N) is 1. The second-order valence-electron chi connectivity index (χ2n) is 6.90. The lowest BCUT2D eigenvalue weighted by molar-refractivity contribution is -0.117. The highest BCUT2D eigenvalue weighted by molar-refractivity contribution is 8.00. The molecular formula is C21H18Cl2N4O2S2. The first-order chi connectivity index (χ1) is 15.0. The first kappa shape index (κ1) is 22.1. The molecule has 160 valence electrons. The molecule has 1 N–H and O–H groups in total. The molecule has 0 saturated carbocycles. The van der Waals surface area contributed by atoms with E-state index >= 15 is 0 Å². The van der Waals surface area contributed by atoms with Crippen LogP contribution in [0.1, 0.15) is 24.0 Å². The molecule has 6 nitrogen and oxygen atoms in total. The quantitative estimate of drug-likeness (QED) is 0.350. The molecule has 0 atom stereocenters. The molecule has 3 aromatic rings. The molecule has 0 aliphatic carbocycles. The molecular weight excluding hydrogens is 475 g/mol. The predicted octanol–water partition coefficient (Wildman–Crippen LogP) is 5.45. The zero-order valence-corrected chi connectivity index (χ0v) is 19.5. The van der Waals surface area contributed by atoms with E-state index in [9.17, 15) is 9.59 Å². The minimum atomic E-state index is -0.174. The first-order valence-corrected chi connectivity index (χ1v) is 12.1. The highest BCUT2D eigenvalue weighted by atomic mass is 35.5. The molecule has 1 saturated heterocycles. The van der Waals surface area contributed by atoms with Crippen molar-refractivity contribution >= 4 is 68.9 Å². The van der Waals surface area contributed by atoms with Crippen molar-refractivity contribution in [2.75, 3.05) is 16.8 Å². The van der Waals surface area contributed by atoms with E-state index in [4.69, 9.17) is 23.2 Å². The van der Waals surface area contributed by atoms with E-state index < -0.39 is 0 Å². The van der Waals surface area contributed by atoms with Crippen molar-refractivity contribution in [3.8, 4) is 0 Å². The van der Waals surface area contributed by atoms with Crippen LogP contribution in [0, 0.1) is 0 Å². The fourth-order valence-electron chi connectivity index (χ4n) is 3.19.